The number of para-hydroxylation sites is 1. The summed E-state index contributed by atoms with van der Waals surface area (Å²) >= 11 is 0. The summed E-state index contributed by atoms with van der Waals surface area (Å²) in [6.07, 6.45) is 7.36. The summed E-state index contributed by atoms with van der Waals surface area (Å²) in [4.78, 5) is 12.7. The molecule has 4 rings (SSSR count). The van der Waals surface area contributed by atoms with Crippen molar-refractivity contribution in [1.82, 2.24) is 19.7 Å². The third-order valence-electron chi connectivity index (χ3n) is 5.10. The van der Waals surface area contributed by atoms with Crippen LogP contribution in [0, 0.1) is 12.8 Å². The Balaban J connectivity index is 1.63. The van der Waals surface area contributed by atoms with E-state index in [1.54, 1.807) is 0 Å². The number of aryl methyl sites for hydroxylation is 2. The number of aromatic amines is 1. The quantitative estimate of drug-likeness (QED) is 0.726. The van der Waals surface area contributed by atoms with Crippen LogP contribution < -0.4 is 5.73 Å². The molecule has 0 radical (unpaired) electrons. The van der Waals surface area contributed by atoms with Crippen molar-refractivity contribution in [3.05, 3.63) is 53.6 Å². The van der Waals surface area contributed by atoms with E-state index < -0.39 is 0 Å². The van der Waals surface area contributed by atoms with Crippen LogP contribution in [-0.2, 0) is 6.54 Å². The lowest BCUT2D eigenvalue weighted by atomic mass is 9.96. The van der Waals surface area contributed by atoms with Crippen molar-refractivity contribution in [2.24, 2.45) is 16.6 Å². The monoisotopic (exact) mass is 362 g/mol. The van der Waals surface area contributed by atoms with Crippen LogP contribution in [0.1, 0.15) is 43.1 Å². The first-order valence-electron chi connectivity index (χ1n) is 9.51. The van der Waals surface area contributed by atoms with Gasteiger partial charge in [-0.15, -0.1) is 0 Å². The Hall–Kier alpha value is -2.89. The number of nitrogens with zero attached hydrogens (tertiary/aromatic N) is 4. The third-order valence-corrected chi connectivity index (χ3v) is 5.10. The third kappa shape index (κ3) is 3.52. The molecule has 0 fully saturated rings. The van der Waals surface area contributed by atoms with E-state index in [1.807, 2.05) is 23.0 Å². The average molecular weight is 362 g/mol. The van der Waals surface area contributed by atoms with Crippen LogP contribution in [0.3, 0.4) is 0 Å². The number of aromatic nitrogens is 4. The molecular formula is C21H26N6. The normalized spacial score (nSPS) is 17.4. The Bertz CT molecular complexity index is 1020. The SMILES string of the molecule is Cc1cccc2nc(C3=CC(c4cnn(CCC(C)C)c4)CN=C3N)[nH]c12. The van der Waals surface area contributed by atoms with Crippen LogP contribution in [0.2, 0.25) is 0 Å². The van der Waals surface area contributed by atoms with Crippen molar-refractivity contribution in [2.75, 3.05) is 6.54 Å². The second-order valence-corrected chi connectivity index (χ2v) is 7.69. The highest BCUT2D eigenvalue weighted by atomic mass is 15.3. The first-order chi connectivity index (χ1) is 13.0. The number of nitrogens with one attached hydrogen (secondary N) is 1. The fourth-order valence-corrected chi connectivity index (χ4v) is 3.41. The van der Waals surface area contributed by atoms with E-state index in [0.717, 1.165) is 35.4 Å². The molecule has 0 aliphatic carbocycles. The van der Waals surface area contributed by atoms with Gasteiger partial charge in [-0.3, -0.25) is 9.67 Å². The molecular weight excluding hydrogens is 336 g/mol. The van der Waals surface area contributed by atoms with Gasteiger partial charge in [-0.1, -0.05) is 32.1 Å². The first-order valence-corrected chi connectivity index (χ1v) is 9.51. The summed E-state index contributed by atoms with van der Waals surface area (Å²) in [5, 5.41) is 4.51. The van der Waals surface area contributed by atoms with Gasteiger partial charge in [0.2, 0.25) is 0 Å². The van der Waals surface area contributed by atoms with Gasteiger partial charge in [0.05, 0.1) is 29.3 Å². The maximum absolute atomic E-state index is 6.20. The van der Waals surface area contributed by atoms with E-state index in [0.29, 0.717) is 18.3 Å². The standard InChI is InChI=1S/C21H26N6/c1-13(2)7-8-27-12-16(11-24-27)15-9-17(20(22)23-10-15)21-25-18-6-4-5-14(3)19(18)26-21/h4-6,9,11-13,15H,7-8,10H2,1-3H3,(H2,22,23)(H,25,26). The molecule has 1 unspecified atom stereocenters. The minimum Gasteiger partial charge on any atom is -0.383 e. The summed E-state index contributed by atoms with van der Waals surface area (Å²) in [6.45, 7) is 8.12. The largest absolute Gasteiger partial charge is 0.383 e. The van der Waals surface area contributed by atoms with Gasteiger partial charge in [0, 0.05) is 18.7 Å². The number of benzene rings is 1. The predicted molar refractivity (Wildman–Crippen MR) is 110 cm³/mol. The van der Waals surface area contributed by atoms with Gasteiger partial charge in [-0.05, 0) is 36.5 Å². The van der Waals surface area contributed by atoms with Crippen LogP contribution in [0.4, 0.5) is 0 Å². The maximum atomic E-state index is 6.20. The number of rotatable bonds is 5. The lowest BCUT2D eigenvalue weighted by Gasteiger charge is -2.17. The average Bonchev–Trinajstić information content (AvgIpc) is 3.28. The number of fused-ring (bicyclic) bond motifs is 1. The molecule has 3 heterocycles. The lowest BCUT2D eigenvalue weighted by molar-refractivity contribution is 0.487. The van der Waals surface area contributed by atoms with Crippen molar-refractivity contribution in [3.8, 4) is 0 Å². The molecule has 3 aromatic rings. The Morgan fingerprint density at radius 3 is 2.96 bits per heavy atom. The minimum atomic E-state index is 0.161. The zero-order chi connectivity index (χ0) is 19.0. The van der Waals surface area contributed by atoms with Gasteiger partial charge in [0.15, 0.2) is 0 Å². The smallest absolute Gasteiger partial charge is 0.141 e. The number of hydrogen-bond donors (Lipinski definition) is 2. The number of nitrogens with two attached hydrogens (primary N) is 1. The number of amidine groups is 1. The molecule has 2 aromatic heterocycles. The number of hydrogen-bond acceptors (Lipinski definition) is 4. The Morgan fingerprint density at radius 2 is 2.19 bits per heavy atom. The lowest BCUT2D eigenvalue weighted by Crippen LogP contribution is -2.21. The number of imidazole rings is 1. The minimum absolute atomic E-state index is 0.161. The molecule has 1 aromatic carbocycles. The molecule has 140 valence electrons. The molecule has 0 saturated heterocycles. The number of H-pyrrole nitrogens is 1. The summed E-state index contributed by atoms with van der Waals surface area (Å²) in [7, 11) is 0. The fraction of sp³-hybridized carbons (Fsp3) is 0.381. The Morgan fingerprint density at radius 1 is 1.33 bits per heavy atom. The summed E-state index contributed by atoms with van der Waals surface area (Å²) in [5.41, 5.74) is 11.4. The second-order valence-electron chi connectivity index (χ2n) is 7.69. The maximum Gasteiger partial charge on any atom is 0.141 e. The fourth-order valence-electron chi connectivity index (χ4n) is 3.41. The van der Waals surface area contributed by atoms with Gasteiger partial charge < -0.3 is 10.7 Å². The summed E-state index contributed by atoms with van der Waals surface area (Å²) in [5.74, 6) is 2.14. The highest BCUT2D eigenvalue weighted by molar-refractivity contribution is 6.22. The van der Waals surface area contributed by atoms with E-state index in [-0.39, 0.29) is 5.92 Å². The van der Waals surface area contributed by atoms with E-state index in [9.17, 15) is 0 Å². The van der Waals surface area contributed by atoms with Crippen molar-refractivity contribution < 1.29 is 0 Å². The molecule has 0 saturated carbocycles. The summed E-state index contributed by atoms with van der Waals surface area (Å²) in [6, 6.07) is 6.10. The second kappa shape index (κ2) is 7.02. The highest BCUT2D eigenvalue weighted by Crippen LogP contribution is 2.28. The van der Waals surface area contributed by atoms with Crippen molar-refractivity contribution in [3.63, 3.8) is 0 Å². The molecule has 3 N–H and O–H groups in total. The molecule has 1 aliphatic rings. The van der Waals surface area contributed by atoms with Crippen LogP contribution in [0.15, 0.2) is 41.7 Å². The molecule has 6 heteroatoms. The van der Waals surface area contributed by atoms with Gasteiger partial charge >= 0.3 is 0 Å². The van der Waals surface area contributed by atoms with Crippen LogP contribution in [0.5, 0.6) is 0 Å². The number of dihydropyridines is 1. The molecule has 1 aliphatic heterocycles. The molecule has 0 spiro atoms. The van der Waals surface area contributed by atoms with Crippen molar-refractivity contribution in [2.45, 2.75) is 39.7 Å². The van der Waals surface area contributed by atoms with Crippen LogP contribution >= 0.6 is 0 Å². The molecule has 0 bridgehead atoms. The zero-order valence-corrected chi connectivity index (χ0v) is 16.1. The Labute approximate surface area is 159 Å². The van der Waals surface area contributed by atoms with Gasteiger partial charge in [0.25, 0.3) is 0 Å². The van der Waals surface area contributed by atoms with E-state index in [4.69, 9.17) is 10.7 Å². The van der Waals surface area contributed by atoms with Crippen LogP contribution in [0.25, 0.3) is 16.6 Å². The van der Waals surface area contributed by atoms with Crippen LogP contribution in [-0.4, -0.2) is 32.1 Å². The topological polar surface area (TPSA) is 84.9 Å². The zero-order valence-electron chi connectivity index (χ0n) is 16.1. The molecule has 27 heavy (non-hydrogen) atoms. The molecule has 6 nitrogen and oxygen atoms in total. The highest BCUT2D eigenvalue weighted by Gasteiger charge is 2.21. The van der Waals surface area contributed by atoms with Gasteiger partial charge in [-0.25, -0.2) is 4.98 Å². The Kier molecular flexibility index (Phi) is 4.56. The van der Waals surface area contributed by atoms with E-state index >= 15 is 0 Å². The van der Waals surface area contributed by atoms with Gasteiger partial charge in [-0.2, -0.15) is 5.10 Å². The predicted octanol–water partition coefficient (Wildman–Crippen LogP) is 3.65. The number of aliphatic imine (C=N–C) groups is 1. The van der Waals surface area contributed by atoms with Crippen molar-refractivity contribution >= 4 is 22.4 Å². The summed E-state index contributed by atoms with van der Waals surface area (Å²) < 4.78 is 2.02. The van der Waals surface area contributed by atoms with Crippen molar-refractivity contribution in [1.29, 1.82) is 0 Å². The van der Waals surface area contributed by atoms with E-state index in [2.05, 4.69) is 54.2 Å². The van der Waals surface area contributed by atoms with Gasteiger partial charge in [0.1, 0.15) is 11.7 Å². The molecule has 0 amide bonds. The first kappa shape index (κ1) is 17.5. The molecule has 1 atom stereocenters. The van der Waals surface area contributed by atoms with E-state index in [1.165, 1.54) is 11.1 Å².